The topological polar surface area (TPSA) is 58.6 Å². The van der Waals surface area contributed by atoms with E-state index in [0.717, 1.165) is 31.9 Å². The SMILES string of the molecule is O=Cc1cnc(N2CC3CN(c4ccc(OC(F)(F)F)cc4)CC3C2)nc1. The summed E-state index contributed by atoms with van der Waals surface area (Å²) >= 11 is 0. The van der Waals surface area contributed by atoms with Crippen molar-refractivity contribution < 1.29 is 22.7 Å². The standard InChI is InChI=1S/C18H17F3N4O2/c19-18(20,21)27-16-3-1-15(2-4-16)24-7-13-9-25(10-14(13)8-24)17-22-5-12(11-26)6-23-17/h1-6,11,13-14H,7-10H2. The van der Waals surface area contributed by atoms with Gasteiger partial charge in [0.2, 0.25) is 5.95 Å². The van der Waals surface area contributed by atoms with Gasteiger partial charge >= 0.3 is 6.36 Å². The molecule has 3 heterocycles. The van der Waals surface area contributed by atoms with Crippen LogP contribution >= 0.6 is 0 Å². The van der Waals surface area contributed by atoms with Gasteiger partial charge in [-0.1, -0.05) is 0 Å². The van der Waals surface area contributed by atoms with E-state index in [4.69, 9.17) is 0 Å². The zero-order valence-electron chi connectivity index (χ0n) is 14.3. The predicted molar refractivity (Wildman–Crippen MR) is 92.0 cm³/mol. The second kappa shape index (κ2) is 6.71. The van der Waals surface area contributed by atoms with Gasteiger partial charge in [-0.25, -0.2) is 9.97 Å². The van der Waals surface area contributed by atoms with Crippen molar-refractivity contribution in [2.24, 2.45) is 11.8 Å². The number of aromatic nitrogens is 2. The average Bonchev–Trinajstić information content (AvgIpc) is 3.20. The molecule has 2 saturated heterocycles. The van der Waals surface area contributed by atoms with E-state index in [0.29, 0.717) is 29.6 Å². The van der Waals surface area contributed by atoms with Crippen molar-refractivity contribution in [1.29, 1.82) is 0 Å². The van der Waals surface area contributed by atoms with Crippen LogP contribution in [0, 0.1) is 11.8 Å². The van der Waals surface area contributed by atoms with Crippen molar-refractivity contribution >= 4 is 17.9 Å². The maximum Gasteiger partial charge on any atom is 0.573 e. The summed E-state index contributed by atoms with van der Waals surface area (Å²) in [6.07, 6.45) is -0.937. The van der Waals surface area contributed by atoms with E-state index in [-0.39, 0.29) is 5.75 Å². The molecule has 2 unspecified atom stereocenters. The molecule has 9 heteroatoms. The smallest absolute Gasteiger partial charge is 0.406 e. The van der Waals surface area contributed by atoms with E-state index in [1.807, 2.05) is 0 Å². The quantitative estimate of drug-likeness (QED) is 0.763. The van der Waals surface area contributed by atoms with Crippen LogP contribution in [0.3, 0.4) is 0 Å². The zero-order valence-corrected chi connectivity index (χ0v) is 14.3. The Morgan fingerprint density at radius 3 is 2.04 bits per heavy atom. The molecule has 0 bridgehead atoms. The van der Waals surface area contributed by atoms with Gasteiger partial charge in [-0.05, 0) is 24.3 Å². The number of benzene rings is 1. The van der Waals surface area contributed by atoms with E-state index in [2.05, 4.69) is 24.5 Å². The molecule has 0 saturated carbocycles. The number of carbonyl (C=O) groups is 1. The summed E-state index contributed by atoms with van der Waals surface area (Å²) < 4.78 is 40.7. The Bertz CT molecular complexity index is 797. The normalized spacial score (nSPS) is 22.0. The van der Waals surface area contributed by atoms with Crippen LogP contribution in [0.25, 0.3) is 0 Å². The largest absolute Gasteiger partial charge is 0.573 e. The zero-order chi connectivity index (χ0) is 19.0. The highest BCUT2D eigenvalue weighted by Crippen LogP contribution is 2.36. The molecule has 6 nitrogen and oxygen atoms in total. The summed E-state index contributed by atoms with van der Waals surface area (Å²) in [5.74, 6) is 1.28. The second-order valence-electron chi connectivity index (χ2n) is 6.81. The first-order valence-electron chi connectivity index (χ1n) is 8.54. The lowest BCUT2D eigenvalue weighted by molar-refractivity contribution is -0.274. The molecule has 0 radical (unpaired) electrons. The van der Waals surface area contributed by atoms with Crippen molar-refractivity contribution in [3.05, 3.63) is 42.2 Å². The predicted octanol–water partition coefficient (Wildman–Crippen LogP) is 2.76. The Balaban J connectivity index is 1.37. The number of hydrogen-bond donors (Lipinski definition) is 0. The van der Waals surface area contributed by atoms with Crippen LogP contribution in [-0.2, 0) is 0 Å². The highest BCUT2D eigenvalue weighted by atomic mass is 19.4. The van der Waals surface area contributed by atoms with Gasteiger partial charge in [0, 0.05) is 56.1 Å². The van der Waals surface area contributed by atoms with E-state index in [1.165, 1.54) is 24.5 Å². The molecule has 4 rings (SSSR count). The van der Waals surface area contributed by atoms with Crippen molar-refractivity contribution in [1.82, 2.24) is 9.97 Å². The van der Waals surface area contributed by atoms with E-state index < -0.39 is 6.36 Å². The minimum Gasteiger partial charge on any atom is -0.406 e. The average molecular weight is 378 g/mol. The Labute approximate surface area is 153 Å². The number of fused-ring (bicyclic) bond motifs is 1. The van der Waals surface area contributed by atoms with Crippen LogP contribution in [0.2, 0.25) is 0 Å². The third-order valence-corrected chi connectivity index (χ3v) is 5.00. The van der Waals surface area contributed by atoms with Gasteiger partial charge in [0.25, 0.3) is 0 Å². The molecule has 1 aromatic heterocycles. The lowest BCUT2D eigenvalue weighted by atomic mass is 10.0. The van der Waals surface area contributed by atoms with E-state index >= 15 is 0 Å². The fraction of sp³-hybridized carbons (Fsp3) is 0.389. The number of carbonyl (C=O) groups excluding carboxylic acids is 1. The van der Waals surface area contributed by atoms with Gasteiger partial charge < -0.3 is 14.5 Å². The minimum atomic E-state index is -4.68. The lowest BCUT2D eigenvalue weighted by Crippen LogP contribution is -2.29. The Morgan fingerprint density at radius 1 is 0.963 bits per heavy atom. The number of hydrogen-bond acceptors (Lipinski definition) is 6. The molecular weight excluding hydrogens is 361 g/mol. The molecule has 0 amide bonds. The Kier molecular flexibility index (Phi) is 4.37. The molecule has 27 heavy (non-hydrogen) atoms. The molecule has 0 aliphatic carbocycles. The van der Waals surface area contributed by atoms with Crippen molar-refractivity contribution in [2.75, 3.05) is 36.0 Å². The first kappa shape index (κ1) is 17.6. The van der Waals surface area contributed by atoms with Gasteiger partial charge in [0.15, 0.2) is 6.29 Å². The second-order valence-corrected chi connectivity index (χ2v) is 6.81. The maximum atomic E-state index is 12.3. The van der Waals surface area contributed by atoms with Gasteiger partial charge in [-0.2, -0.15) is 0 Å². The highest BCUT2D eigenvalue weighted by molar-refractivity contribution is 5.73. The summed E-state index contributed by atoms with van der Waals surface area (Å²) in [5.41, 5.74) is 1.33. The Hall–Kier alpha value is -2.84. The molecule has 2 aromatic rings. The molecule has 1 aromatic carbocycles. The molecule has 2 aliphatic heterocycles. The number of rotatable bonds is 4. The third kappa shape index (κ3) is 3.81. The van der Waals surface area contributed by atoms with Gasteiger partial charge in [-0.3, -0.25) is 4.79 Å². The first-order chi connectivity index (χ1) is 12.9. The fourth-order valence-electron chi connectivity index (χ4n) is 3.78. The van der Waals surface area contributed by atoms with Gasteiger partial charge in [-0.15, -0.1) is 13.2 Å². The lowest BCUT2D eigenvalue weighted by Gasteiger charge is -2.23. The van der Waals surface area contributed by atoms with Crippen LogP contribution in [0.4, 0.5) is 24.8 Å². The van der Waals surface area contributed by atoms with Crippen molar-refractivity contribution in [3.63, 3.8) is 0 Å². The van der Waals surface area contributed by atoms with Crippen molar-refractivity contribution in [2.45, 2.75) is 6.36 Å². The molecular formula is C18H17F3N4O2. The first-order valence-corrected chi connectivity index (χ1v) is 8.54. The molecule has 0 N–H and O–H groups in total. The van der Waals surface area contributed by atoms with Crippen molar-refractivity contribution in [3.8, 4) is 5.75 Å². The van der Waals surface area contributed by atoms with Crippen LogP contribution in [-0.4, -0.2) is 48.8 Å². The summed E-state index contributed by atoms with van der Waals surface area (Å²) in [4.78, 5) is 23.5. The molecule has 2 atom stereocenters. The monoisotopic (exact) mass is 378 g/mol. The van der Waals surface area contributed by atoms with E-state index in [1.54, 1.807) is 12.1 Å². The third-order valence-electron chi connectivity index (χ3n) is 5.00. The van der Waals surface area contributed by atoms with Crippen LogP contribution in [0.5, 0.6) is 5.75 Å². The number of halogens is 3. The minimum absolute atomic E-state index is 0.215. The van der Waals surface area contributed by atoms with Crippen LogP contribution in [0.15, 0.2) is 36.7 Å². The molecule has 2 fully saturated rings. The van der Waals surface area contributed by atoms with Gasteiger partial charge in [0.05, 0.1) is 5.56 Å². The summed E-state index contributed by atoms with van der Waals surface area (Å²) in [6.45, 7) is 3.29. The number of aldehydes is 1. The summed E-state index contributed by atoms with van der Waals surface area (Å²) in [5, 5.41) is 0. The fourth-order valence-corrected chi connectivity index (χ4v) is 3.78. The van der Waals surface area contributed by atoms with Crippen LogP contribution in [0.1, 0.15) is 10.4 Å². The van der Waals surface area contributed by atoms with Crippen LogP contribution < -0.4 is 14.5 Å². The summed E-state index contributed by atoms with van der Waals surface area (Å²) in [7, 11) is 0. The molecule has 2 aliphatic rings. The Morgan fingerprint density at radius 2 is 1.52 bits per heavy atom. The van der Waals surface area contributed by atoms with E-state index in [9.17, 15) is 18.0 Å². The number of alkyl halides is 3. The maximum absolute atomic E-state index is 12.3. The number of anilines is 2. The molecule has 0 spiro atoms. The number of ether oxygens (including phenoxy) is 1. The summed E-state index contributed by atoms with van der Waals surface area (Å²) in [6, 6.07) is 5.99. The molecule has 142 valence electrons. The highest BCUT2D eigenvalue weighted by Gasteiger charge is 2.41. The van der Waals surface area contributed by atoms with Gasteiger partial charge in [0.1, 0.15) is 5.75 Å². The number of nitrogens with zero attached hydrogens (tertiary/aromatic N) is 4.